The maximum Gasteiger partial charge on any atom is 0.252 e. The van der Waals surface area contributed by atoms with Gasteiger partial charge in [0.05, 0.1) is 6.54 Å². The van der Waals surface area contributed by atoms with Crippen LogP contribution in [0.15, 0.2) is 12.7 Å². The third-order valence-corrected chi connectivity index (χ3v) is 3.04. The van der Waals surface area contributed by atoms with Gasteiger partial charge in [0.15, 0.2) is 0 Å². The van der Waals surface area contributed by atoms with Crippen LogP contribution in [0.3, 0.4) is 0 Å². The molecule has 0 spiro atoms. The zero-order valence-electron chi connectivity index (χ0n) is 10.1. The van der Waals surface area contributed by atoms with E-state index in [1.807, 2.05) is 6.92 Å². The monoisotopic (exact) mass is 238 g/mol. The molecule has 0 saturated carbocycles. The first-order valence-electron chi connectivity index (χ1n) is 5.95. The molecule has 1 N–H and O–H groups in total. The SMILES string of the molecule is C[C@]1(C(=O)NCCn2cncn2)CCCCO1. The number of aromatic nitrogens is 3. The number of hydrogen-bond donors (Lipinski definition) is 1. The van der Waals surface area contributed by atoms with Crippen LogP contribution in [0.2, 0.25) is 0 Å². The Morgan fingerprint density at radius 2 is 2.47 bits per heavy atom. The highest BCUT2D eigenvalue weighted by Crippen LogP contribution is 2.24. The van der Waals surface area contributed by atoms with Crippen molar-refractivity contribution in [3.8, 4) is 0 Å². The van der Waals surface area contributed by atoms with Crippen molar-refractivity contribution in [2.75, 3.05) is 13.2 Å². The second-order valence-electron chi connectivity index (χ2n) is 4.45. The highest BCUT2D eigenvalue weighted by molar-refractivity contribution is 5.84. The second kappa shape index (κ2) is 5.27. The van der Waals surface area contributed by atoms with Gasteiger partial charge in [0.1, 0.15) is 18.3 Å². The van der Waals surface area contributed by atoms with E-state index >= 15 is 0 Å². The number of carbonyl (C=O) groups excluding carboxylic acids is 1. The topological polar surface area (TPSA) is 69.0 Å². The number of ether oxygens (including phenoxy) is 1. The lowest BCUT2D eigenvalue weighted by Crippen LogP contribution is -2.49. The van der Waals surface area contributed by atoms with Crippen molar-refractivity contribution >= 4 is 5.91 Å². The minimum atomic E-state index is -0.652. The van der Waals surface area contributed by atoms with Crippen LogP contribution in [0.25, 0.3) is 0 Å². The summed E-state index contributed by atoms with van der Waals surface area (Å²) in [7, 11) is 0. The molecular formula is C11H18N4O2. The zero-order valence-corrected chi connectivity index (χ0v) is 10.1. The summed E-state index contributed by atoms with van der Waals surface area (Å²) in [6.45, 7) is 3.70. The molecule has 6 nitrogen and oxygen atoms in total. The first-order chi connectivity index (χ1) is 8.21. The van der Waals surface area contributed by atoms with Crippen molar-refractivity contribution < 1.29 is 9.53 Å². The lowest BCUT2D eigenvalue weighted by atomic mass is 9.95. The molecule has 1 aromatic heterocycles. The average molecular weight is 238 g/mol. The molecule has 17 heavy (non-hydrogen) atoms. The summed E-state index contributed by atoms with van der Waals surface area (Å²) in [5.41, 5.74) is -0.652. The van der Waals surface area contributed by atoms with Gasteiger partial charge in [-0.05, 0) is 26.2 Å². The molecule has 6 heteroatoms. The average Bonchev–Trinajstić information content (AvgIpc) is 2.83. The number of carbonyl (C=O) groups is 1. The number of amides is 1. The van der Waals surface area contributed by atoms with Crippen LogP contribution >= 0.6 is 0 Å². The summed E-state index contributed by atoms with van der Waals surface area (Å²) < 4.78 is 7.25. The van der Waals surface area contributed by atoms with Gasteiger partial charge in [0.25, 0.3) is 5.91 Å². The van der Waals surface area contributed by atoms with Gasteiger partial charge in [-0.1, -0.05) is 0 Å². The molecule has 0 aromatic carbocycles. The first kappa shape index (κ1) is 12.0. The molecule has 2 heterocycles. The van der Waals surface area contributed by atoms with Crippen LogP contribution in [0.5, 0.6) is 0 Å². The summed E-state index contributed by atoms with van der Waals surface area (Å²) in [4.78, 5) is 15.8. The summed E-state index contributed by atoms with van der Waals surface area (Å²) in [5, 5.41) is 6.84. The van der Waals surface area contributed by atoms with E-state index in [-0.39, 0.29) is 5.91 Å². The third-order valence-electron chi connectivity index (χ3n) is 3.04. The van der Waals surface area contributed by atoms with Crippen molar-refractivity contribution in [2.45, 2.75) is 38.3 Å². The summed E-state index contributed by atoms with van der Waals surface area (Å²) in [6.07, 6.45) is 6.00. The molecule has 1 aliphatic heterocycles. The molecule has 1 fully saturated rings. The van der Waals surface area contributed by atoms with E-state index in [9.17, 15) is 4.79 Å². The van der Waals surface area contributed by atoms with Gasteiger partial charge in [0, 0.05) is 13.2 Å². The number of rotatable bonds is 4. The van der Waals surface area contributed by atoms with Gasteiger partial charge in [0.2, 0.25) is 0 Å². The van der Waals surface area contributed by atoms with Gasteiger partial charge in [-0.15, -0.1) is 0 Å². The van der Waals surface area contributed by atoms with Gasteiger partial charge in [-0.3, -0.25) is 9.48 Å². The largest absolute Gasteiger partial charge is 0.365 e. The molecule has 2 rings (SSSR count). The normalized spacial score (nSPS) is 24.5. The van der Waals surface area contributed by atoms with Crippen LogP contribution in [0, 0.1) is 0 Å². The van der Waals surface area contributed by atoms with Gasteiger partial charge in [-0.25, -0.2) is 4.98 Å². The van der Waals surface area contributed by atoms with Crippen LogP contribution in [0.4, 0.5) is 0 Å². The maximum absolute atomic E-state index is 12.0. The summed E-state index contributed by atoms with van der Waals surface area (Å²) in [6, 6.07) is 0. The van der Waals surface area contributed by atoms with Crippen molar-refractivity contribution in [2.24, 2.45) is 0 Å². The zero-order chi connectivity index (χ0) is 12.1. The minimum absolute atomic E-state index is 0.0303. The number of nitrogens with zero attached hydrogens (tertiary/aromatic N) is 3. The van der Waals surface area contributed by atoms with E-state index in [1.54, 1.807) is 11.0 Å². The fourth-order valence-electron chi connectivity index (χ4n) is 1.93. The van der Waals surface area contributed by atoms with E-state index < -0.39 is 5.60 Å². The Balaban J connectivity index is 1.76. The highest BCUT2D eigenvalue weighted by atomic mass is 16.5. The molecule has 0 bridgehead atoms. The van der Waals surface area contributed by atoms with E-state index in [1.165, 1.54) is 6.33 Å². The standard InChI is InChI=1S/C11H18N4O2/c1-11(4-2-3-7-17-11)10(16)13-5-6-15-9-12-8-14-15/h8-9H,2-7H2,1H3,(H,13,16)/t11-/m1/s1. The third kappa shape index (κ3) is 3.03. The second-order valence-corrected chi connectivity index (χ2v) is 4.45. The van der Waals surface area contributed by atoms with Gasteiger partial charge < -0.3 is 10.1 Å². The first-order valence-corrected chi connectivity index (χ1v) is 5.95. The van der Waals surface area contributed by atoms with Crippen LogP contribution in [-0.2, 0) is 16.1 Å². The minimum Gasteiger partial charge on any atom is -0.365 e. The molecule has 0 aliphatic carbocycles. The molecule has 1 atom stereocenters. The predicted octanol–water partition coefficient (Wildman–Crippen LogP) is 0.353. The smallest absolute Gasteiger partial charge is 0.252 e. The summed E-state index contributed by atoms with van der Waals surface area (Å²) in [5.74, 6) is -0.0303. The van der Waals surface area contributed by atoms with Crippen molar-refractivity contribution in [1.29, 1.82) is 0 Å². The molecule has 0 unspecified atom stereocenters. The van der Waals surface area contributed by atoms with Crippen molar-refractivity contribution in [3.63, 3.8) is 0 Å². The van der Waals surface area contributed by atoms with Crippen LogP contribution < -0.4 is 5.32 Å². The van der Waals surface area contributed by atoms with Crippen molar-refractivity contribution in [1.82, 2.24) is 20.1 Å². The molecule has 1 saturated heterocycles. The van der Waals surface area contributed by atoms with E-state index in [2.05, 4.69) is 15.4 Å². The lowest BCUT2D eigenvalue weighted by Gasteiger charge is -2.32. The highest BCUT2D eigenvalue weighted by Gasteiger charge is 2.35. The number of nitrogens with one attached hydrogen (secondary N) is 1. The molecule has 1 aliphatic rings. The van der Waals surface area contributed by atoms with Crippen LogP contribution in [0.1, 0.15) is 26.2 Å². The molecule has 94 valence electrons. The van der Waals surface area contributed by atoms with E-state index in [0.717, 1.165) is 19.3 Å². The fraction of sp³-hybridized carbons (Fsp3) is 0.727. The van der Waals surface area contributed by atoms with E-state index in [0.29, 0.717) is 19.7 Å². The Hall–Kier alpha value is -1.43. The molecule has 0 radical (unpaired) electrons. The quantitative estimate of drug-likeness (QED) is 0.822. The lowest BCUT2D eigenvalue weighted by molar-refractivity contribution is -0.150. The Morgan fingerprint density at radius 1 is 1.59 bits per heavy atom. The maximum atomic E-state index is 12.0. The Labute approximate surface area is 100 Å². The number of hydrogen-bond acceptors (Lipinski definition) is 4. The Morgan fingerprint density at radius 3 is 3.12 bits per heavy atom. The van der Waals surface area contributed by atoms with Crippen LogP contribution in [-0.4, -0.2) is 39.4 Å². The van der Waals surface area contributed by atoms with E-state index in [4.69, 9.17) is 4.74 Å². The van der Waals surface area contributed by atoms with Crippen molar-refractivity contribution in [3.05, 3.63) is 12.7 Å². The molecule has 1 amide bonds. The van der Waals surface area contributed by atoms with Gasteiger partial charge in [-0.2, -0.15) is 5.10 Å². The van der Waals surface area contributed by atoms with Gasteiger partial charge >= 0.3 is 0 Å². The predicted molar refractivity (Wildman–Crippen MR) is 61.2 cm³/mol. The Bertz CT molecular complexity index is 358. The summed E-state index contributed by atoms with van der Waals surface area (Å²) >= 11 is 0. The molecular weight excluding hydrogens is 220 g/mol. The Kier molecular flexibility index (Phi) is 3.73. The fourth-order valence-corrected chi connectivity index (χ4v) is 1.93. The molecule has 1 aromatic rings.